The molecule has 0 atom stereocenters. The molecular formula is C17H18Cl2N4O2. The maximum Gasteiger partial charge on any atom is 0.319 e. The number of amides is 3. The van der Waals surface area contributed by atoms with E-state index in [1.54, 1.807) is 24.3 Å². The third kappa shape index (κ3) is 5.01. The monoisotopic (exact) mass is 380 g/mol. The van der Waals surface area contributed by atoms with Crippen LogP contribution < -0.4 is 21.7 Å². The molecule has 2 rings (SSSR count). The topological polar surface area (TPSA) is 96.2 Å². The summed E-state index contributed by atoms with van der Waals surface area (Å²) in [6.45, 7) is 3.68. The summed E-state index contributed by atoms with van der Waals surface area (Å²) < 4.78 is 0. The molecule has 0 aliphatic heterocycles. The molecule has 6 nitrogen and oxygen atoms in total. The van der Waals surface area contributed by atoms with Crippen LogP contribution in [0.25, 0.3) is 0 Å². The lowest BCUT2D eigenvalue weighted by Crippen LogP contribution is -2.34. The van der Waals surface area contributed by atoms with Crippen molar-refractivity contribution in [3.63, 3.8) is 0 Å². The first-order chi connectivity index (χ1) is 11.8. The van der Waals surface area contributed by atoms with E-state index in [-0.39, 0.29) is 21.8 Å². The third-order valence-corrected chi connectivity index (χ3v) is 3.80. The van der Waals surface area contributed by atoms with E-state index in [1.165, 1.54) is 12.1 Å². The summed E-state index contributed by atoms with van der Waals surface area (Å²) >= 11 is 11.9. The highest BCUT2D eigenvalue weighted by atomic mass is 35.5. The van der Waals surface area contributed by atoms with E-state index >= 15 is 0 Å². The Labute approximate surface area is 155 Å². The van der Waals surface area contributed by atoms with E-state index in [2.05, 4.69) is 16.0 Å². The van der Waals surface area contributed by atoms with Crippen LogP contribution >= 0.6 is 23.2 Å². The second-order valence-electron chi connectivity index (χ2n) is 5.61. The highest BCUT2D eigenvalue weighted by Gasteiger charge is 2.15. The molecule has 5 N–H and O–H groups in total. The SMILES string of the molecule is CC(C)NC(=O)Nc1ccccc1C(=O)Nc1cc(Cl)c(N)c(Cl)c1. The second-order valence-corrected chi connectivity index (χ2v) is 6.42. The van der Waals surface area contributed by atoms with Gasteiger partial charge in [0.1, 0.15) is 0 Å². The summed E-state index contributed by atoms with van der Waals surface area (Å²) in [7, 11) is 0. The zero-order valence-electron chi connectivity index (χ0n) is 13.7. The highest BCUT2D eigenvalue weighted by molar-refractivity contribution is 6.39. The summed E-state index contributed by atoms with van der Waals surface area (Å²) in [5.41, 5.74) is 7.00. The fourth-order valence-corrected chi connectivity index (χ4v) is 2.55. The molecule has 0 bridgehead atoms. The first kappa shape index (κ1) is 18.9. The molecule has 2 aromatic carbocycles. The van der Waals surface area contributed by atoms with Crippen molar-refractivity contribution >= 4 is 52.2 Å². The fraction of sp³-hybridized carbons (Fsp3) is 0.176. The second kappa shape index (κ2) is 8.09. The number of carbonyl (C=O) groups is 2. The summed E-state index contributed by atoms with van der Waals surface area (Å²) in [6, 6.07) is 9.24. The number of hydrogen-bond acceptors (Lipinski definition) is 3. The van der Waals surface area contributed by atoms with Gasteiger partial charge in [-0.25, -0.2) is 4.79 Å². The van der Waals surface area contributed by atoms with Crippen molar-refractivity contribution in [1.82, 2.24) is 5.32 Å². The van der Waals surface area contributed by atoms with Gasteiger partial charge in [-0.15, -0.1) is 0 Å². The lowest BCUT2D eigenvalue weighted by Gasteiger charge is -2.14. The molecule has 0 spiro atoms. The number of rotatable bonds is 4. The van der Waals surface area contributed by atoms with Crippen molar-refractivity contribution in [2.24, 2.45) is 0 Å². The van der Waals surface area contributed by atoms with E-state index in [0.717, 1.165) is 0 Å². The molecule has 25 heavy (non-hydrogen) atoms. The maximum atomic E-state index is 12.5. The zero-order chi connectivity index (χ0) is 18.6. The largest absolute Gasteiger partial charge is 0.396 e. The molecule has 132 valence electrons. The Balaban J connectivity index is 2.21. The molecule has 0 aliphatic rings. The van der Waals surface area contributed by atoms with E-state index in [0.29, 0.717) is 16.9 Å². The van der Waals surface area contributed by atoms with E-state index in [1.807, 2.05) is 13.8 Å². The molecule has 0 saturated carbocycles. The predicted octanol–water partition coefficient (Wildman–Crippen LogP) is 4.36. The quantitative estimate of drug-likeness (QED) is 0.593. The first-order valence-corrected chi connectivity index (χ1v) is 8.26. The zero-order valence-corrected chi connectivity index (χ0v) is 15.2. The smallest absolute Gasteiger partial charge is 0.319 e. The van der Waals surface area contributed by atoms with E-state index in [9.17, 15) is 9.59 Å². The Bertz CT molecular complexity index is 786. The molecule has 0 aliphatic carbocycles. The molecule has 0 heterocycles. The van der Waals surface area contributed by atoms with Crippen molar-refractivity contribution in [1.29, 1.82) is 0 Å². The number of carbonyl (C=O) groups excluding carboxylic acids is 2. The van der Waals surface area contributed by atoms with Gasteiger partial charge in [-0.05, 0) is 38.1 Å². The van der Waals surface area contributed by atoms with Gasteiger partial charge >= 0.3 is 6.03 Å². The Morgan fingerprint density at radius 1 is 1.04 bits per heavy atom. The molecule has 3 amide bonds. The minimum Gasteiger partial charge on any atom is -0.396 e. The molecule has 0 unspecified atom stereocenters. The number of nitrogens with one attached hydrogen (secondary N) is 3. The van der Waals surface area contributed by atoms with Crippen LogP contribution in [0.2, 0.25) is 10.0 Å². The summed E-state index contributed by atoms with van der Waals surface area (Å²) in [6.07, 6.45) is 0. The number of para-hydroxylation sites is 1. The standard InChI is InChI=1S/C17H18Cl2N4O2/c1-9(2)21-17(25)23-14-6-4-3-5-11(14)16(24)22-10-7-12(18)15(20)13(19)8-10/h3-9H,20H2,1-2H3,(H,22,24)(H2,21,23,25). The van der Waals surface area contributed by atoms with E-state index in [4.69, 9.17) is 28.9 Å². The predicted molar refractivity (Wildman–Crippen MR) is 103 cm³/mol. The van der Waals surface area contributed by atoms with Crippen LogP contribution in [0.1, 0.15) is 24.2 Å². The molecule has 0 saturated heterocycles. The highest BCUT2D eigenvalue weighted by Crippen LogP contribution is 2.31. The molecule has 8 heteroatoms. The van der Waals surface area contributed by atoms with Gasteiger partial charge < -0.3 is 21.7 Å². The lowest BCUT2D eigenvalue weighted by atomic mass is 10.1. The van der Waals surface area contributed by atoms with Gasteiger partial charge in [-0.3, -0.25) is 4.79 Å². The minimum atomic E-state index is -0.419. The van der Waals surface area contributed by atoms with Crippen LogP contribution in [0.3, 0.4) is 0 Å². The minimum absolute atomic E-state index is 0.0277. The van der Waals surface area contributed by atoms with E-state index < -0.39 is 11.9 Å². The van der Waals surface area contributed by atoms with Crippen LogP contribution in [0.5, 0.6) is 0 Å². The molecule has 0 fully saturated rings. The Morgan fingerprint density at radius 3 is 2.24 bits per heavy atom. The average Bonchev–Trinajstić information content (AvgIpc) is 2.52. The number of nitrogens with two attached hydrogens (primary N) is 1. The maximum absolute atomic E-state index is 12.5. The van der Waals surface area contributed by atoms with Crippen LogP contribution in [-0.4, -0.2) is 18.0 Å². The van der Waals surface area contributed by atoms with Gasteiger partial charge in [0.15, 0.2) is 0 Å². The normalized spacial score (nSPS) is 10.4. The van der Waals surface area contributed by atoms with Gasteiger partial charge in [-0.1, -0.05) is 35.3 Å². The number of hydrogen-bond donors (Lipinski definition) is 4. The van der Waals surface area contributed by atoms with Crippen LogP contribution in [0, 0.1) is 0 Å². The third-order valence-electron chi connectivity index (χ3n) is 3.18. The number of anilines is 3. The van der Waals surface area contributed by atoms with Crippen molar-refractivity contribution in [2.75, 3.05) is 16.4 Å². The van der Waals surface area contributed by atoms with Crippen LogP contribution in [-0.2, 0) is 0 Å². The van der Waals surface area contributed by atoms with Gasteiger partial charge in [0.2, 0.25) is 0 Å². The molecule has 2 aromatic rings. The molecular weight excluding hydrogens is 363 g/mol. The number of urea groups is 1. The summed E-state index contributed by atoms with van der Waals surface area (Å²) in [4.78, 5) is 24.4. The van der Waals surface area contributed by atoms with Gasteiger partial charge in [0, 0.05) is 11.7 Å². The van der Waals surface area contributed by atoms with Crippen molar-refractivity contribution in [3.05, 3.63) is 52.0 Å². The lowest BCUT2D eigenvalue weighted by molar-refractivity contribution is 0.102. The number of benzene rings is 2. The Morgan fingerprint density at radius 2 is 1.64 bits per heavy atom. The molecule has 0 aromatic heterocycles. The molecule has 0 radical (unpaired) electrons. The number of halogens is 2. The van der Waals surface area contributed by atoms with Gasteiger partial charge in [-0.2, -0.15) is 0 Å². The average molecular weight is 381 g/mol. The van der Waals surface area contributed by atoms with Crippen molar-refractivity contribution < 1.29 is 9.59 Å². The number of nitrogen functional groups attached to an aromatic ring is 1. The summed E-state index contributed by atoms with van der Waals surface area (Å²) in [5.74, 6) is -0.419. The Kier molecular flexibility index (Phi) is 6.12. The van der Waals surface area contributed by atoms with Gasteiger partial charge in [0.05, 0.1) is 27.0 Å². The fourth-order valence-electron chi connectivity index (χ4n) is 2.07. The van der Waals surface area contributed by atoms with Gasteiger partial charge in [0.25, 0.3) is 5.91 Å². The van der Waals surface area contributed by atoms with Crippen LogP contribution in [0.15, 0.2) is 36.4 Å². The summed E-state index contributed by atoms with van der Waals surface area (Å²) in [5, 5.41) is 8.52. The van der Waals surface area contributed by atoms with Crippen molar-refractivity contribution in [2.45, 2.75) is 19.9 Å². The Hall–Kier alpha value is -2.44. The van der Waals surface area contributed by atoms with Crippen LogP contribution in [0.4, 0.5) is 21.9 Å². The first-order valence-electron chi connectivity index (χ1n) is 7.50. The van der Waals surface area contributed by atoms with Crippen molar-refractivity contribution in [3.8, 4) is 0 Å².